The fraction of sp³-hybridized carbons (Fsp3) is 0.316. The highest BCUT2D eigenvalue weighted by molar-refractivity contribution is 7.98. The summed E-state index contributed by atoms with van der Waals surface area (Å²) >= 11 is 1.53. The number of ether oxygens (including phenoxy) is 1. The maximum absolute atomic E-state index is 12.5. The van der Waals surface area contributed by atoms with Crippen molar-refractivity contribution in [2.75, 3.05) is 11.0 Å². The molecule has 0 aliphatic carbocycles. The molecule has 146 valence electrons. The Balaban J connectivity index is 2.07. The van der Waals surface area contributed by atoms with E-state index >= 15 is 0 Å². The molecule has 0 aliphatic heterocycles. The molecule has 1 amide bonds. The number of amides is 1. The predicted octanol–water partition coefficient (Wildman–Crippen LogP) is 3.50. The van der Waals surface area contributed by atoms with Gasteiger partial charge in [-0.1, -0.05) is 6.07 Å². The van der Waals surface area contributed by atoms with Gasteiger partial charge in [-0.05, 0) is 69.5 Å². The molecule has 0 radical (unpaired) electrons. The van der Waals surface area contributed by atoms with E-state index in [1.54, 1.807) is 25.1 Å². The number of nitrogens with one attached hydrogen (secondary N) is 2. The molecule has 0 saturated carbocycles. The third kappa shape index (κ3) is 6.18. The number of thioether (sulfide) groups is 1. The topological polar surface area (TPSA) is 84.5 Å². The average molecular weight is 409 g/mol. The van der Waals surface area contributed by atoms with Crippen LogP contribution in [0.4, 0.5) is 5.69 Å². The molecule has 0 unspecified atom stereocenters. The van der Waals surface area contributed by atoms with Crippen molar-refractivity contribution in [3.63, 3.8) is 0 Å². The van der Waals surface area contributed by atoms with Crippen LogP contribution in [0.5, 0.6) is 5.75 Å². The van der Waals surface area contributed by atoms with Gasteiger partial charge in [0.1, 0.15) is 5.75 Å². The second kappa shape index (κ2) is 9.14. The second-order valence-electron chi connectivity index (χ2n) is 6.23. The van der Waals surface area contributed by atoms with Crippen LogP contribution in [0.25, 0.3) is 0 Å². The fourth-order valence-corrected chi connectivity index (χ4v) is 3.77. The van der Waals surface area contributed by atoms with Gasteiger partial charge in [0.15, 0.2) is 6.10 Å². The van der Waals surface area contributed by atoms with Gasteiger partial charge >= 0.3 is 0 Å². The number of benzene rings is 2. The minimum Gasteiger partial charge on any atom is -0.481 e. The molecule has 2 aromatic rings. The van der Waals surface area contributed by atoms with Crippen molar-refractivity contribution in [2.45, 2.75) is 42.7 Å². The van der Waals surface area contributed by atoms with Crippen molar-refractivity contribution in [1.82, 2.24) is 5.32 Å². The third-order valence-electron chi connectivity index (χ3n) is 3.57. The number of rotatable bonds is 8. The summed E-state index contributed by atoms with van der Waals surface area (Å²) in [7, 11) is -3.71. The van der Waals surface area contributed by atoms with Gasteiger partial charge in [-0.15, -0.1) is 11.8 Å². The van der Waals surface area contributed by atoms with Crippen LogP contribution < -0.4 is 14.8 Å². The van der Waals surface area contributed by atoms with E-state index in [4.69, 9.17) is 4.74 Å². The van der Waals surface area contributed by atoms with Crippen molar-refractivity contribution in [1.29, 1.82) is 0 Å². The van der Waals surface area contributed by atoms with Crippen LogP contribution in [0, 0.1) is 0 Å². The number of anilines is 1. The first-order valence-corrected chi connectivity index (χ1v) is 11.2. The molecule has 2 rings (SSSR count). The summed E-state index contributed by atoms with van der Waals surface area (Å²) in [6, 6.07) is 13.2. The van der Waals surface area contributed by atoms with E-state index in [9.17, 15) is 13.2 Å². The van der Waals surface area contributed by atoms with E-state index in [0.717, 1.165) is 4.90 Å². The highest BCUT2D eigenvalue weighted by Gasteiger charge is 2.17. The minimum absolute atomic E-state index is 0.0201. The van der Waals surface area contributed by atoms with Crippen LogP contribution in [0.1, 0.15) is 20.8 Å². The summed E-state index contributed by atoms with van der Waals surface area (Å²) in [5, 5.41) is 2.76. The van der Waals surface area contributed by atoms with Gasteiger partial charge in [-0.2, -0.15) is 0 Å². The molecule has 0 heterocycles. The largest absolute Gasteiger partial charge is 0.481 e. The number of sulfonamides is 1. The highest BCUT2D eigenvalue weighted by atomic mass is 32.2. The molecule has 27 heavy (non-hydrogen) atoms. The Kier molecular flexibility index (Phi) is 7.15. The quantitative estimate of drug-likeness (QED) is 0.653. The lowest BCUT2D eigenvalue weighted by molar-refractivity contribution is -0.127. The summed E-state index contributed by atoms with van der Waals surface area (Å²) in [6.07, 6.45) is 1.25. The molecule has 8 heteroatoms. The van der Waals surface area contributed by atoms with Crippen LogP contribution in [-0.2, 0) is 14.8 Å². The molecule has 1 atom stereocenters. The van der Waals surface area contributed by atoms with E-state index in [0.29, 0.717) is 11.4 Å². The van der Waals surface area contributed by atoms with Crippen molar-refractivity contribution in [2.24, 2.45) is 0 Å². The zero-order chi connectivity index (χ0) is 20.0. The lowest BCUT2D eigenvalue weighted by Crippen LogP contribution is -2.40. The summed E-state index contributed by atoms with van der Waals surface area (Å²) < 4.78 is 33.2. The van der Waals surface area contributed by atoms with Crippen LogP contribution in [0.15, 0.2) is 58.3 Å². The van der Waals surface area contributed by atoms with Crippen molar-refractivity contribution < 1.29 is 17.9 Å². The van der Waals surface area contributed by atoms with Gasteiger partial charge in [0.25, 0.3) is 15.9 Å². The lowest BCUT2D eigenvalue weighted by atomic mass is 10.3. The zero-order valence-electron chi connectivity index (χ0n) is 15.7. The Bertz CT molecular complexity index is 881. The van der Waals surface area contributed by atoms with E-state index < -0.39 is 16.1 Å². The number of carbonyl (C=O) groups is 1. The van der Waals surface area contributed by atoms with Gasteiger partial charge in [0, 0.05) is 16.6 Å². The molecule has 0 spiro atoms. The minimum atomic E-state index is -3.71. The summed E-state index contributed by atoms with van der Waals surface area (Å²) in [4.78, 5) is 13.0. The summed E-state index contributed by atoms with van der Waals surface area (Å²) in [5.74, 6) is 0.196. The van der Waals surface area contributed by atoms with E-state index in [1.807, 2.05) is 26.2 Å². The van der Waals surface area contributed by atoms with Gasteiger partial charge in [0.2, 0.25) is 0 Å². The molecule has 0 saturated heterocycles. The van der Waals surface area contributed by atoms with Gasteiger partial charge in [0.05, 0.1) is 4.90 Å². The van der Waals surface area contributed by atoms with E-state index in [-0.39, 0.29) is 16.8 Å². The molecule has 0 aromatic heterocycles. The summed E-state index contributed by atoms with van der Waals surface area (Å²) in [5.41, 5.74) is 0.501. The van der Waals surface area contributed by atoms with Crippen LogP contribution >= 0.6 is 11.8 Å². The monoisotopic (exact) mass is 408 g/mol. The molecule has 2 N–H and O–H groups in total. The van der Waals surface area contributed by atoms with Gasteiger partial charge in [-0.3, -0.25) is 9.52 Å². The third-order valence-corrected chi connectivity index (χ3v) is 5.69. The first-order chi connectivity index (χ1) is 12.7. The first kappa shape index (κ1) is 21.1. The summed E-state index contributed by atoms with van der Waals surface area (Å²) in [6.45, 7) is 5.38. The highest BCUT2D eigenvalue weighted by Crippen LogP contribution is 2.23. The van der Waals surface area contributed by atoms with Crippen LogP contribution in [0.3, 0.4) is 0 Å². The van der Waals surface area contributed by atoms with Crippen molar-refractivity contribution >= 4 is 33.4 Å². The molecule has 6 nitrogen and oxygen atoms in total. The second-order valence-corrected chi connectivity index (χ2v) is 8.79. The fourth-order valence-electron chi connectivity index (χ4n) is 2.26. The maximum atomic E-state index is 12.5. The average Bonchev–Trinajstić information content (AvgIpc) is 2.61. The predicted molar refractivity (Wildman–Crippen MR) is 109 cm³/mol. The molecule has 0 bridgehead atoms. The molecule has 2 aromatic carbocycles. The Morgan fingerprint density at radius 1 is 1.07 bits per heavy atom. The van der Waals surface area contributed by atoms with Crippen molar-refractivity contribution in [3.8, 4) is 5.75 Å². The molecule has 0 fully saturated rings. The van der Waals surface area contributed by atoms with Gasteiger partial charge < -0.3 is 10.1 Å². The Morgan fingerprint density at radius 3 is 2.33 bits per heavy atom. The Labute approximate surface area is 164 Å². The van der Waals surface area contributed by atoms with E-state index in [2.05, 4.69) is 10.0 Å². The molecule has 0 aliphatic rings. The first-order valence-electron chi connectivity index (χ1n) is 8.45. The lowest BCUT2D eigenvalue weighted by Gasteiger charge is -2.16. The molecular weight excluding hydrogens is 384 g/mol. The standard InChI is InChI=1S/C19H24N2O4S2/c1-13(2)20-19(22)14(3)25-16-8-10-18(11-9-16)27(23,24)21-15-6-5-7-17(12-15)26-4/h5-14,21H,1-4H3,(H,20,22)/t14-/m1/s1. The SMILES string of the molecule is CSc1cccc(NS(=O)(=O)c2ccc(O[C@H](C)C(=O)NC(C)C)cc2)c1. The Morgan fingerprint density at radius 2 is 1.74 bits per heavy atom. The smallest absolute Gasteiger partial charge is 0.261 e. The van der Waals surface area contributed by atoms with Crippen molar-refractivity contribution in [3.05, 3.63) is 48.5 Å². The molecular formula is C19H24N2O4S2. The Hall–Kier alpha value is -2.19. The van der Waals surface area contributed by atoms with Crippen LogP contribution in [0.2, 0.25) is 0 Å². The van der Waals surface area contributed by atoms with Crippen LogP contribution in [-0.4, -0.2) is 32.7 Å². The number of hydrogen-bond acceptors (Lipinski definition) is 5. The van der Waals surface area contributed by atoms with E-state index in [1.165, 1.54) is 36.0 Å². The number of carbonyl (C=O) groups excluding carboxylic acids is 1. The number of hydrogen-bond donors (Lipinski definition) is 2. The maximum Gasteiger partial charge on any atom is 0.261 e. The normalized spacial score (nSPS) is 12.5. The zero-order valence-corrected chi connectivity index (χ0v) is 17.4. The van der Waals surface area contributed by atoms with Gasteiger partial charge in [-0.25, -0.2) is 8.42 Å².